The van der Waals surface area contributed by atoms with Crippen molar-refractivity contribution >= 4 is 5.91 Å². The zero-order chi connectivity index (χ0) is 12.7. The minimum atomic E-state index is 0.259. The van der Waals surface area contributed by atoms with Crippen LogP contribution in [-0.2, 0) is 4.79 Å². The quantitative estimate of drug-likeness (QED) is 0.717. The Morgan fingerprint density at radius 2 is 2.18 bits per heavy atom. The summed E-state index contributed by atoms with van der Waals surface area (Å²) < 4.78 is 0. The third-order valence-corrected chi connectivity index (χ3v) is 4.04. The van der Waals surface area contributed by atoms with Gasteiger partial charge in [-0.2, -0.15) is 0 Å². The molecule has 0 aromatic carbocycles. The van der Waals surface area contributed by atoms with E-state index in [9.17, 15) is 4.79 Å². The number of hydrogen-bond acceptors (Lipinski definition) is 2. The van der Waals surface area contributed by atoms with Gasteiger partial charge in [0.2, 0.25) is 5.91 Å². The maximum atomic E-state index is 12.0. The largest absolute Gasteiger partial charge is 0.356 e. The van der Waals surface area contributed by atoms with Crippen molar-refractivity contribution in [3.8, 4) is 0 Å². The summed E-state index contributed by atoms with van der Waals surface area (Å²) in [5, 5.41) is 3.13. The van der Waals surface area contributed by atoms with Gasteiger partial charge in [-0.15, -0.1) is 0 Å². The predicted octanol–water partition coefficient (Wildman–Crippen LogP) is 2.30. The molecule has 1 aliphatic carbocycles. The minimum Gasteiger partial charge on any atom is -0.356 e. The Hall–Kier alpha value is -0.570. The summed E-state index contributed by atoms with van der Waals surface area (Å²) in [4.78, 5) is 12.0. The van der Waals surface area contributed by atoms with Crippen molar-refractivity contribution in [2.75, 3.05) is 13.1 Å². The summed E-state index contributed by atoms with van der Waals surface area (Å²) in [6.45, 7) is 5.92. The molecule has 3 atom stereocenters. The molecular weight excluding hydrogens is 212 g/mol. The molecule has 0 radical (unpaired) electrons. The van der Waals surface area contributed by atoms with Gasteiger partial charge in [0.25, 0.3) is 0 Å². The van der Waals surface area contributed by atoms with E-state index in [0.717, 1.165) is 32.4 Å². The summed E-state index contributed by atoms with van der Waals surface area (Å²) in [5.74, 6) is 1.66. The highest BCUT2D eigenvalue weighted by molar-refractivity contribution is 5.79. The Morgan fingerprint density at radius 3 is 2.71 bits per heavy atom. The van der Waals surface area contributed by atoms with Crippen molar-refractivity contribution < 1.29 is 4.79 Å². The predicted molar refractivity (Wildman–Crippen MR) is 71.6 cm³/mol. The normalized spacial score (nSPS) is 25.8. The van der Waals surface area contributed by atoms with Crippen molar-refractivity contribution in [1.82, 2.24) is 5.32 Å². The number of nitrogens with one attached hydrogen (secondary N) is 1. The van der Waals surface area contributed by atoms with E-state index in [0.29, 0.717) is 11.8 Å². The lowest BCUT2D eigenvalue weighted by atomic mass is 9.96. The lowest BCUT2D eigenvalue weighted by Crippen LogP contribution is -2.35. The van der Waals surface area contributed by atoms with E-state index in [4.69, 9.17) is 5.73 Å². The zero-order valence-electron chi connectivity index (χ0n) is 11.4. The van der Waals surface area contributed by atoms with Gasteiger partial charge in [0.15, 0.2) is 0 Å². The van der Waals surface area contributed by atoms with Crippen LogP contribution in [-0.4, -0.2) is 19.0 Å². The van der Waals surface area contributed by atoms with Gasteiger partial charge >= 0.3 is 0 Å². The maximum absolute atomic E-state index is 12.0. The van der Waals surface area contributed by atoms with E-state index >= 15 is 0 Å². The molecule has 0 aromatic rings. The van der Waals surface area contributed by atoms with Crippen molar-refractivity contribution in [2.45, 2.75) is 52.4 Å². The summed E-state index contributed by atoms with van der Waals surface area (Å²) in [6.07, 6.45) is 6.84. The van der Waals surface area contributed by atoms with E-state index in [-0.39, 0.29) is 11.8 Å². The molecule has 3 unspecified atom stereocenters. The molecule has 0 saturated heterocycles. The van der Waals surface area contributed by atoms with Crippen molar-refractivity contribution in [3.05, 3.63) is 0 Å². The second-order valence-corrected chi connectivity index (χ2v) is 5.49. The van der Waals surface area contributed by atoms with Gasteiger partial charge in [-0.05, 0) is 44.1 Å². The van der Waals surface area contributed by atoms with Crippen LogP contribution in [0.25, 0.3) is 0 Å². The monoisotopic (exact) mass is 240 g/mol. The Bertz CT molecular complexity index is 224. The first-order valence-corrected chi connectivity index (χ1v) is 7.16. The van der Waals surface area contributed by atoms with Crippen molar-refractivity contribution in [1.29, 1.82) is 0 Å². The summed E-state index contributed by atoms with van der Waals surface area (Å²) in [5.41, 5.74) is 5.60. The van der Waals surface area contributed by atoms with Crippen LogP contribution in [0.1, 0.15) is 52.4 Å². The molecule has 1 aliphatic rings. The summed E-state index contributed by atoms with van der Waals surface area (Å²) in [7, 11) is 0. The summed E-state index contributed by atoms with van der Waals surface area (Å²) >= 11 is 0. The Kier molecular flexibility index (Phi) is 6.56. The highest BCUT2D eigenvalue weighted by Crippen LogP contribution is 2.31. The van der Waals surface area contributed by atoms with Gasteiger partial charge < -0.3 is 11.1 Å². The van der Waals surface area contributed by atoms with E-state index in [1.165, 1.54) is 19.3 Å². The van der Waals surface area contributed by atoms with Crippen LogP contribution in [0.2, 0.25) is 0 Å². The Morgan fingerprint density at radius 1 is 1.41 bits per heavy atom. The third kappa shape index (κ3) is 4.66. The van der Waals surface area contributed by atoms with Crippen LogP contribution >= 0.6 is 0 Å². The van der Waals surface area contributed by atoms with Crippen molar-refractivity contribution in [2.24, 2.45) is 23.5 Å². The van der Waals surface area contributed by atoms with Crippen LogP contribution in [0.15, 0.2) is 0 Å². The standard InChI is InChI=1S/C14H28N2O/c1-3-5-12(8-9-15)10-16-14(17)13-7-4-6-11(13)2/h11-13H,3-10,15H2,1-2H3,(H,16,17). The first-order valence-electron chi connectivity index (χ1n) is 7.16. The number of carbonyl (C=O) groups excluding carboxylic acids is 1. The molecule has 0 aliphatic heterocycles. The average molecular weight is 240 g/mol. The van der Waals surface area contributed by atoms with Gasteiger partial charge in [-0.1, -0.05) is 26.7 Å². The molecule has 17 heavy (non-hydrogen) atoms. The first kappa shape index (κ1) is 14.5. The number of rotatable bonds is 7. The average Bonchev–Trinajstić information content (AvgIpc) is 2.72. The number of hydrogen-bond donors (Lipinski definition) is 2. The highest BCUT2D eigenvalue weighted by Gasteiger charge is 2.29. The maximum Gasteiger partial charge on any atom is 0.223 e. The third-order valence-electron chi connectivity index (χ3n) is 4.04. The fraction of sp³-hybridized carbons (Fsp3) is 0.929. The molecule has 1 fully saturated rings. The fourth-order valence-corrected chi connectivity index (χ4v) is 2.90. The van der Waals surface area contributed by atoms with Crippen molar-refractivity contribution in [3.63, 3.8) is 0 Å². The van der Waals surface area contributed by atoms with Gasteiger partial charge in [-0.3, -0.25) is 4.79 Å². The second kappa shape index (κ2) is 7.70. The molecule has 3 nitrogen and oxygen atoms in total. The molecule has 1 amide bonds. The smallest absolute Gasteiger partial charge is 0.223 e. The van der Waals surface area contributed by atoms with E-state index < -0.39 is 0 Å². The van der Waals surface area contributed by atoms with Gasteiger partial charge in [0, 0.05) is 12.5 Å². The second-order valence-electron chi connectivity index (χ2n) is 5.49. The lowest BCUT2D eigenvalue weighted by molar-refractivity contribution is -0.126. The first-order chi connectivity index (χ1) is 8.19. The minimum absolute atomic E-state index is 0.259. The molecule has 1 rings (SSSR count). The number of amides is 1. The number of nitrogens with two attached hydrogens (primary N) is 1. The highest BCUT2D eigenvalue weighted by atomic mass is 16.1. The molecule has 0 bridgehead atoms. The zero-order valence-corrected chi connectivity index (χ0v) is 11.4. The van der Waals surface area contributed by atoms with E-state index in [2.05, 4.69) is 19.2 Å². The molecule has 3 N–H and O–H groups in total. The topological polar surface area (TPSA) is 55.1 Å². The molecule has 0 aromatic heterocycles. The van der Waals surface area contributed by atoms with Crippen LogP contribution in [0, 0.1) is 17.8 Å². The van der Waals surface area contributed by atoms with E-state index in [1.807, 2.05) is 0 Å². The van der Waals surface area contributed by atoms with Crippen LogP contribution in [0.4, 0.5) is 0 Å². The van der Waals surface area contributed by atoms with Gasteiger partial charge in [0.1, 0.15) is 0 Å². The fourth-order valence-electron chi connectivity index (χ4n) is 2.90. The molecule has 0 heterocycles. The lowest BCUT2D eigenvalue weighted by Gasteiger charge is -2.19. The molecular formula is C14H28N2O. The number of carbonyl (C=O) groups is 1. The van der Waals surface area contributed by atoms with Gasteiger partial charge in [-0.25, -0.2) is 0 Å². The molecule has 0 spiro atoms. The SMILES string of the molecule is CCCC(CCN)CNC(=O)C1CCCC1C. The molecule has 3 heteroatoms. The van der Waals surface area contributed by atoms with Crippen LogP contribution in [0.5, 0.6) is 0 Å². The van der Waals surface area contributed by atoms with Gasteiger partial charge in [0.05, 0.1) is 0 Å². The van der Waals surface area contributed by atoms with E-state index in [1.54, 1.807) is 0 Å². The van der Waals surface area contributed by atoms with Crippen LogP contribution in [0.3, 0.4) is 0 Å². The molecule has 100 valence electrons. The molecule has 1 saturated carbocycles. The summed E-state index contributed by atoms with van der Waals surface area (Å²) in [6, 6.07) is 0. The Labute approximate surface area is 106 Å². The van der Waals surface area contributed by atoms with Crippen LogP contribution < -0.4 is 11.1 Å². The Balaban J connectivity index is 2.29.